The van der Waals surface area contributed by atoms with Gasteiger partial charge in [0, 0.05) is 5.41 Å². The Balaban J connectivity index is 1.45. The molecule has 0 aliphatic heterocycles. The van der Waals surface area contributed by atoms with Crippen LogP contribution >= 0.6 is 0 Å². The molecule has 2 bridgehead atoms. The Morgan fingerprint density at radius 1 is 1.25 bits per heavy atom. The van der Waals surface area contributed by atoms with Crippen molar-refractivity contribution in [3.05, 3.63) is 41.5 Å². The summed E-state index contributed by atoms with van der Waals surface area (Å²) in [5.74, 6) is 2.38. The summed E-state index contributed by atoms with van der Waals surface area (Å²) in [6, 6.07) is 8.44. The van der Waals surface area contributed by atoms with Crippen LogP contribution in [-0.4, -0.2) is 13.4 Å². The van der Waals surface area contributed by atoms with Crippen molar-refractivity contribution in [3.8, 4) is 5.75 Å². The molecule has 1 aromatic carbocycles. The van der Waals surface area contributed by atoms with Crippen molar-refractivity contribution in [3.63, 3.8) is 0 Å². The molecule has 0 spiro atoms. The zero-order chi connectivity index (χ0) is 17.0. The van der Waals surface area contributed by atoms with E-state index in [1.807, 2.05) is 0 Å². The summed E-state index contributed by atoms with van der Waals surface area (Å²) < 4.78 is 11.6. The van der Waals surface area contributed by atoms with Gasteiger partial charge in [-0.2, -0.15) is 0 Å². The van der Waals surface area contributed by atoms with Crippen LogP contribution in [0.25, 0.3) is 0 Å². The predicted octanol–water partition coefficient (Wildman–Crippen LogP) is 6.08. The van der Waals surface area contributed by atoms with Crippen molar-refractivity contribution >= 4 is 0 Å². The molecule has 1 fully saturated rings. The number of allylic oxidation sites excluding steroid dienone is 1. The first kappa shape index (κ1) is 17.5. The zero-order valence-corrected chi connectivity index (χ0v) is 15.5. The van der Waals surface area contributed by atoms with Gasteiger partial charge in [-0.1, -0.05) is 44.6 Å². The second kappa shape index (κ2) is 7.74. The molecule has 3 atom stereocenters. The first-order valence-electron chi connectivity index (χ1n) is 9.59. The van der Waals surface area contributed by atoms with Crippen LogP contribution in [0.15, 0.2) is 35.9 Å². The maximum atomic E-state index is 5.88. The van der Waals surface area contributed by atoms with Gasteiger partial charge in [0.1, 0.15) is 5.75 Å². The fourth-order valence-corrected chi connectivity index (χ4v) is 4.32. The number of fused-ring (bicyclic) bond motifs is 2. The summed E-state index contributed by atoms with van der Waals surface area (Å²) in [6.45, 7) is 7.92. The highest BCUT2D eigenvalue weighted by atomic mass is 16.7. The SMILES string of the molecule is CCC(C)c1ccc(OCOCC2(C)C=C3CCCC(C3)C2)cc1. The maximum Gasteiger partial charge on any atom is 0.189 e. The first-order chi connectivity index (χ1) is 11.6. The Bertz CT molecular complexity index is 560. The van der Waals surface area contributed by atoms with Gasteiger partial charge in [0.15, 0.2) is 6.79 Å². The lowest BCUT2D eigenvalue weighted by molar-refractivity contribution is -0.0231. The second-order valence-electron chi connectivity index (χ2n) is 8.11. The minimum absolute atomic E-state index is 0.197. The van der Waals surface area contributed by atoms with Crippen molar-refractivity contribution in [2.75, 3.05) is 13.4 Å². The molecule has 3 unspecified atom stereocenters. The van der Waals surface area contributed by atoms with E-state index in [1.165, 1.54) is 44.1 Å². The number of rotatable bonds is 7. The van der Waals surface area contributed by atoms with Gasteiger partial charge in [0.05, 0.1) is 6.61 Å². The van der Waals surface area contributed by atoms with E-state index in [4.69, 9.17) is 9.47 Å². The van der Waals surface area contributed by atoms with Crippen molar-refractivity contribution in [2.24, 2.45) is 11.3 Å². The molecule has 0 N–H and O–H groups in total. The van der Waals surface area contributed by atoms with Crippen LogP contribution in [0.2, 0.25) is 0 Å². The normalized spacial score (nSPS) is 27.5. The van der Waals surface area contributed by atoms with Gasteiger partial charge in [-0.15, -0.1) is 0 Å². The third-order valence-corrected chi connectivity index (χ3v) is 5.77. The molecule has 1 aromatic rings. The third kappa shape index (κ3) is 4.42. The van der Waals surface area contributed by atoms with Crippen LogP contribution in [0.3, 0.4) is 0 Å². The Morgan fingerprint density at radius 3 is 2.75 bits per heavy atom. The molecule has 132 valence electrons. The Kier molecular flexibility index (Phi) is 5.65. The van der Waals surface area contributed by atoms with Gasteiger partial charge in [0.2, 0.25) is 0 Å². The monoisotopic (exact) mass is 328 g/mol. The Hall–Kier alpha value is -1.28. The Labute approximate surface area is 147 Å². The van der Waals surface area contributed by atoms with Crippen molar-refractivity contribution in [1.29, 1.82) is 0 Å². The molecular weight excluding hydrogens is 296 g/mol. The average molecular weight is 328 g/mol. The van der Waals surface area contributed by atoms with Crippen LogP contribution in [0.5, 0.6) is 5.75 Å². The van der Waals surface area contributed by atoms with Crippen LogP contribution in [0.4, 0.5) is 0 Å². The van der Waals surface area contributed by atoms with Gasteiger partial charge in [0.25, 0.3) is 0 Å². The fourth-order valence-electron chi connectivity index (χ4n) is 4.32. The summed E-state index contributed by atoms with van der Waals surface area (Å²) in [4.78, 5) is 0. The van der Waals surface area contributed by atoms with Gasteiger partial charge in [-0.3, -0.25) is 0 Å². The highest BCUT2D eigenvalue weighted by Crippen LogP contribution is 2.44. The van der Waals surface area contributed by atoms with E-state index in [-0.39, 0.29) is 5.41 Å². The summed E-state index contributed by atoms with van der Waals surface area (Å²) in [6.07, 6.45) is 10.3. The van der Waals surface area contributed by atoms with E-state index in [0.717, 1.165) is 18.3 Å². The highest BCUT2D eigenvalue weighted by Gasteiger charge is 2.33. The molecule has 0 heterocycles. The van der Waals surface area contributed by atoms with E-state index in [9.17, 15) is 0 Å². The minimum atomic E-state index is 0.197. The third-order valence-electron chi connectivity index (χ3n) is 5.77. The number of benzene rings is 1. The molecule has 0 aromatic heterocycles. The lowest BCUT2D eigenvalue weighted by Crippen LogP contribution is -2.31. The quantitative estimate of drug-likeness (QED) is 0.343. The van der Waals surface area contributed by atoms with Crippen molar-refractivity contribution < 1.29 is 9.47 Å². The molecule has 2 heteroatoms. The number of ether oxygens (including phenoxy) is 2. The molecule has 2 nitrogen and oxygen atoms in total. The van der Waals surface area contributed by atoms with E-state index in [0.29, 0.717) is 12.7 Å². The molecule has 0 amide bonds. The molecule has 1 saturated carbocycles. The summed E-state index contributed by atoms with van der Waals surface area (Å²) >= 11 is 0. The molecule has 2 aliphatic carbocycles. The van der Waals surface area contributed by atoms with E-state index in [2.05, 4.69) is 51.1 Å². The fraction of sp³-hybridized carbons (Fsp3) is 0.636. The number of hydrogen-bond acceptors (Lipinski definition) is 2. The standard InChI is InChI=1S/C22H32O2/c1-4-17(2)20-8-10-21(11-9-20)24-16-23-15-22(3)13-18-6-5-7-19(12-18)14-22/h8-11,13,17,19H,4-7,12,14-16H2,1-3H3. The second-order valence-corrected chi connectivity index (χ2v) is 8.11. The predicted molar refractivity (Wildman–Crippen MR) is 99.4 cm³/mol. The van der Waals surface area contributed by atoms with Gasteiger partial charge < -0.3 is 9.47 Å². The van der Waals surface area contributed by atoms with Crippen LogP contribution < -0.4 is 4.74 Å². The van der Waals surface area contributed by atoms with E-state index >= 15 is 0 Å². The van der Waals surface area contributed by atoms with Crippen LogP contribution in [0.1, 0.15) is 70.8 Å². The Morgan fingerprint density at radius 2 is 2.04 bits per heavy atom. The zero-order valence-electron chi connectivity index (χ0n) is 15.5. The number of hydrogen-bond donors (Lipinski definition) is 0. The van der Waals surface area contributed by atoms with Gasteiger partial charge in [-0.05, 0) is 68.1 Å². The molecule has 2 aliphatic rings. The van der Waals surface area contributed by atoms with Crippen LogP contribution in [0, 0.1) is 11.3 Å². The summed E-state index contributed by atoms with van der Waals surface area (Å²) in [7, 11) is 0. The van der Waals surface area contributed by atoms with Crippen molar-refractivity contribution in [2.45, 2.75) is 65.2 Å². The summed E-state index contributed by atoms with van der Waals surface area (Å²) in [5.41, 5.74) is 3.23. The van der Waals surface area contributed by atoms with Crippen molar-refractivity contribution in [1.82, 2.24) is 0 Å². The molecule has 0 radical (unpaired) electrons. The van der Waals surface area contributed by atoms with E-state index in [1.54, 1.807) is 5.57 Å². The largest absolute Gasteiger partial charge is 0.468 e. The molecule has 24 heavy (non-hydrogen) atoms. The lowest BCUT2D eigenvalue weighted by atomic mass is 9.68. The first-order valence-corrected chi connectivity index (χ1v) is 9.59. The molecule has 0 saturated heterocycles. The molecule has 3 rings (SSSR count). The maximum absolute atomic E-state index is 5.88. The molecular formula is C22H32O2. The van der Waals surface area contributed by atoms with E-state index < -0.39 is 0 Å². The smallest absolute Gasteiger partial charge is 0.189 e. The highest BCUT2D eigenvalue weighted by molar-refractivity contribution is 5.29. The minimum Gasteiger partial charge on any atom is -0.468 e. The summed E-state index contributed by atoms with van der Waals surface area (Å²) in [5, 5.41) is 0. The topological polar surface area (TPSA) is 18.5 Å². The lowest BCUT2D eigenvalue weighted by Gasteiger charge is -2.39. The van der Waals surface area contributed by atoms with Crippen LogP contribution in [-0.2, 0) is 4.74 Å². The average Bonchev–Trinajstić information content (AvgIpc) is 2.58. The van der Waals surface area contributed by atoms with Gasteiger partial charge in [-0.25, -0.2) is 0 Å². The van der Waals surface area contributed by atoms with Gasteiger partial charge >= 0.3 is 0 Å².